The van der Waals surface area contributed by atoms with Gasteiger partial charge in [0.2, 0.25) is 5.91 Å². The van der Waals surface area contributed by atoms with E-state index < -0.39 is 12.2 Å². The van der Waals surface area contributed by atoms with Gasteiger partial charge in [0.1, 0.15) is 6.10 Å². The van der Waals surface area contributed by atoms with Crippen molar-refractivity contribution < 1.29 is 14.3 Å². The van der Waals surface area contributed by atoms with Crippen LogP contribution in [0.25, 0.3) is 0 Å². The van der Waals surface area contributed by atoms with Crippen LogP contribution in [0.5, 0.6) is 0 Å². The summed E-state index contributed by atoms with van der Waals surface area (Å²) in [6, 6.07) is 9.24. The normalized spacial score (nSPS) is 29.0. The van der Waals surface area contributed by atoms with E-state index in [1.165, 1.54) is 0 Å². The second kappa shape index (κ2) is 5.15. The zero-order valence-corrected chi connectivity index (χ0v) is 11.1. The van der Waals surface area contributed by atoms with E-state index in [-0.39, 0.29) is 17.9 Å². The number of nitrogens with one attached hydrogen (secondary N) is 1. The monoisotopic (exact) mass is 274 g/mol. The Kier molecular flexibility index (Phi) is 3.34. The first kappa shape index (κ1) is 13.0. The molecule has 3 rings (SSSR count). The largest absolute Gasteiger partial charge is 0.443 e. The summed E-state index contributed by atoms with van der Waals surface area (Å²) in [4.78, 5) is 23.3. The second-order valence-corrected chi connectivity index (χ2v) is 5.58. The molecule has 0 bridgehead atoms. The second-order valence-electron chi connectivity index (χ2n) is 5.58. The molecule has 1 saturated heterocycles. The summed E-state index contributed by atoms with van der Waals surface area (Å²) in [6.07, 6.45) is 1.75. The Balaban J connectivity index is 1.84. The van der Waals surface area contributed by atoms with Gasteiger partial charge in [-0.2, -0.15) is 0 Å². The number of nitrogens with two attached hydrogens (primary N) is 1. The van der Waals surface area contributed by atoms with Crippen LogP contribution in [0, 0.1) is 11.8 Å². The minimum Gasteiger partial charge on any atom is -0.443 e. The highest BCUT2D eigenvalue weighted by atomic mass is 16.6. The summed E-state index contributed by atoms with van der Waals surface area (Å²) < 4.78 is 5.25. The van der Waals surface area contributed by atoms with Crippen LogP contribution in [0.1, 0.15) is 30.9 Å². The third-order valence-corrected chi connectivity index (χ3v) is 4.05. The number of amides is 2. The highest BCUT2D eigenvalue weighted by molar-refractivity contribution is 5.83. The smallest absolute Gasteiger partial charge is 0.404 e. The first-order chi connectivity index (χ1) is 9.65. The van der Waals surface area contributed by atoms with E-state index in [0.717, 1.165) is 24.8 Å². The zero-order valence-electron chi connectivity index (χ0n) is 11.1. The fourth-order valence-electron chi connectivity index (χ4n) is 2.90. The van der Waals surface area contributed by atoms with Crippen LogP contribution in [-0.4, -0.2) is 18.1 Å². The van der Waals surface area contributed by atoms with Crippen LogP contribution >= 0.6 is 0 Å². The fourth-order valence-corrected chi connectivity index (χ4v) is 2.90. The van der Waals surface area contributed by atoms with Crippen molar-refractivity contribution in [1.29, 1.82) is 0 Å². The van der Waals surface area contributed by atoms with Crippen molar-refractivity contribution in [2.24, 2.45) is 17.6 Å². The molecule has 1 heterocycles. The molecule has 2 aliphatic rings. The number of rotatable bonds is 4. The summed E-state index contributed by atoms with van der Waals surface area (Å²) in [5.74, 6) is 0.247. The Hall–Kier alpha value is -2.04. The van der Waals surface area contributed by atoms with Gasteiger partial charge < -0.3 is 15.8 Å². The van der Waals surface area contributed by atoms with Gasteiger partial charge in [0, 0.05) is 0 Å². The fraction of sp³-hybridized carbons (Fsp3) is 0.467. The quantitative estimate of drug-likeness (QED) is 0.877. The van der Waals surface area contributed by atoms with Crippen molar-refractivity contribution in [1.82, 2.24) is 5.32 Å². The molecule has 106 valence electrons. The number of primary amides is 1. The molecular weight excluding hydrogens is 256 g/mol. The summed E-state index contributed by atoms with van der Waals surface area (Å²) >= 11 is 0. The minimum atomic E-state index is -0.826. The SMILES string of the molecule is NC(=O)OC1C(CC2CC2)C(=O)NC1c1ccccc1. The van der Waals surface area contributed by atoms with E-state index in [0.29, 0.717) is 5.92 Å². The van der Waals surface area contributed by atoms with E-state index in [1.54, 1.807) is 0 Å². The zero-order chi connectivity index (χ0) is 14.1. The maximum atomic E-state index is 12.2. The summed E-state index contributed by atoms with van der Waals surface area (Å²) in [5, 5.41) is 2.94. The third-order valence-electron chi connectivity index (χ3n) is 4.05. The van der Waals surface area contributed by atoms with E-state index in [1.807, 2.05) is 30.3 Å². The lowest BCUT2D eigenvalue weighted by molar-refractivity contribution is -0.124. The van der Waals surface area contributed by atoms with E-state index >= 15 is 0 Å². The lowest BCUT2D eigenvalue weighted by Crippen LogP contribution is -2.32. The number of hydrogen-bond acceptors (Lipinski definition) is 3. The number of benzene rings is 1. The topological polar surface area (TPSA) is 81.4 Å². The molecule has 2 fully saturated rings. The van der Waals surface area contributed by atoms with Crippen LogP contribution in [0.3, 0.4) is 0 Å². The maximum Gasteiger partial charge on any atom is 0.404 e. The molecule has 1 aliphatic heterocycles. The maximum absolute atomic E-state index is 12.2. The molecule has 3 N–H and O–H groups in total. The van der Waals surface area contributed by atoms with Crippen molar-refractivity contribution in [3.8, 4) is 0 Å². The highest BCUT2D eigenvalue weighted by Gasteiger charge is 2.47. The van der Waals surface area contributed by atoms with E-state index in [2.05, 4.69) is 5.32 Å². The number of hydrogen-bond donors (Lipinski definition) is 2. The minimum absolute atomic E-state index is 0.0444. The molecule has 0 spiro atoms. The summed E-state index contributed by atoms with van der Waals surface area (Å²) in [6.45, 7) is 0. The average Bonchev–Trinajstić information content (AvgIpc) is 3.19. The van der Waals surface area contributed by atoms with Crippen LogP contribution in [0.15, 0.2) is 30.3 Å². The Morgan fingerprint density at radius 2 is 2.00 bits per heavy atom. The molecule has 1 aromatic rings. The highest BCUT2D eigenvalue weighted by Crippen LogP contribution is 2.41. The molecule has 5 nitrogen and oxygen atoms in total. The van der Waals surface area contributed by atoms with Gasteiger partial charge >= 0.3 is 6.09 Å². The van der Waals surface area contributed by atoms with Crippen molar-refractivity contribution in [3.63, 3.8) is 0 Å². The van der Waals surface area contributed by atoms with Gasteiger partial charge in [-0.05, 0) is 17.9 Å². The van der Waals surface area contributed by atoms with Crippen LogP contribution in [0.4, 0.5) is 4.79 Å². The van der Waals surface area contributed by atoms with Gasteiger partial charge in [0.25, 0.3) is 0 Å². The molecule has 2 amide bonds. The predicted molar refractivity (Wildman–Crippen MR) is 72.6 cm³/mol. The third kappa shape index (κ3) is 2.61. The number of carbonyl (C=O) groups excluding carboxylic acids is 2. The van der Waals surface area contributed by atoms with Gasteiger partial charge in [-0.25, -0.2) is 4.79 Å². The molecule has 1 aliphatic carbocycles. The van der Waals surface area contributed by atoms with Crippen molar-refractivity contribution in [2.45, 2.75) is 31.4 Å². The van der Waals surface area contributed by atoms with Crippen molar-refractivity contribution in [3.05, 3.63) is 35.9 Å². The van der Waals surface area contributed by atoms with Crippen molar-refractivity contribution in [2.75, 3.05) is 0 Å². The molecule has 0 aromatic heterocycles. The number of ether oxygens (including phenoxy) is 1. The van der Waals surface area contributed by atoms with Gasteiger partial charge in [-0.1, -0.05) is 43.2 Å². The molecule has 3 atom stereocenters. The van der Waals surface area contributed by atoms with Gasteiger partial charge in [0.05, 0.1) is 12.0 Å². The Labute approximate surface area is 117 Å². The first-order valence-corrected chi connectivity index (χ1v) is 6.96. The van der Waals surface area contributed by atoms with Crippen molar-refractivity contribution >= 4 is 12.0 Å². The standard InChI is InChI=1S/C15H18N2O3/c16-15(19)20-13-11(8-9-6-7-9)14(18)17-12(13)10-4-2-1-3-5-10/h1-5,9,11-13H,6-8H2,(H2,16,19)(H,17,18). The lowest BCUT2D eigenvalue weighted by atomic mass is 9.92. The molecule has 1 saturated carbocycles. The van der Waals surface area contributed by atoms with Crippen LogP contribution in [-0.2, 0) is 9.53 Å². The van der Waals surface area contributed by atoms with Gasteiger partial charge in [0.15, 0.2) is 0 Å². The number of carbonyl (C=O) groups is 2. The van der Waals surface area contributed by atoms with E-state index in [4.69, 9.17) is 10.5 Å². The summed E-state index contributed by atoms with van der Waals surface area (Å²) in [5.41, 5.74) is 6.10. The molecule has 20 heavy (non-hydrogen) atoms. The van der Waals surface area contributed by atoms with Crippen LogP contribution < -0.4 is 11.1 Å². The first-order valence-electron chi connectivity index (χ1n) is 6.96. The van der Waals surface area contributed by atoms with Crippen LogP contribution in [0.2, 0.25) is 0 Å². The van der Waals surface area contributed by atoms with E-state index in [9.17, 15) is 9.59 Å². The predicted octanol–water partition coefficient (Wildman–Crippen LogP) is 1.74. The average molecular weight is 274 g/mol. The Morgan fingerprint density at radius 1 is 1.30 bits per heavy atom. The molecule has 1 aromatic carbocycles. The Morgan fingerprint density at radius 3 is 2.60 bits per heavy atom. The molecule has 0 radical (unpaired) electrons. The van der Waals surface area contributed by atoms with Gasteiger partial charge in [-0.15, -0.1) is 0 Å². The van der Waals surface area contributed by atoms with Gasteiger partial charge in [-0.3, -0.25) is 4.79 Å². The molecule has 5 heteroatoms. The molecular formula is C15H18N2O3. The summed E-state index contributed by atoms with van der Waals surface area (Å²) in [7, 11) is 0. The molecule has 3 unspecified atom stereocenters. The lowest BCUT2D eigenvalue weighted by Gasteiger charge is -2.22. The Bertz CT molecular complexity index is 513.